The number of rotatable bonds is 1. The summed E-state index contributed by atoms with van der Waals surface area (Å²) in [7, 11) is 0. The summed E-state index contributed by atoms with van der Waals surface area (Å²) in [6.45, 7) is 0. The van der Waals surface area contributed by atoms with E-state index in [4.69, 9.17) is 22.3 Å². The minimum absolute atomic E-state index is 0.192. The van der Waals surface area contributed by atoms with Crippen LogP contribution >= 0.6 is 11.6 Å². The van der Waals surface area contributed by atoms with Crippen molar-refractivity contribution in [2.75, 3.05) is 5.73 Å². The quantitative estimate of drug-likeness (QED) is 0.213. The number of nitrogens with one attached hydrogen (secondary N) is 1. The summed E-state index contributed by atoms with van der Waals surface area (Å²) in [4.78, 5) is 17.4. The number of para-hydroxylation sites is 1. The maximum atomic E-state index is 6.70. The standard InChI is InChI=1S/C27H16ClN5/c28-26-20(13-19-15-6-2-1-5-14(15)9-12-22(19)31-26)23-18-11-10-17-16-7-3-4-8-21(16)30-24(17)25(18)33-27(29)32-23/h1-13,30H,(H2,29,32,33). The minimum atomic E-state index is 0.192. The summed E-state index contributed by atoms with van der Waals surface area (Å²) in [6.07, 6.45) is 0. The van der Waals surface area contributed by atoms with Crippen molar-refractivity contribution >= 4 is 71.9 Å². The Labute approximate surface area is 192 Å². The van der Waals surface area contributed by atoms with E-state index in [-0.39, 0.29) is 5.95 Å². The lowest BCUT2D eigenvalue weighted by atomic mass is 10.0. The number of fused-ring (bicyclic) bond motifs is 8. The SMILES string of the molecule is Nc1nc(-c2cc3c(ccc4ccccc43)nc2Cl)c2ccc3c4ccccc4[nH]c3c2n1. The molecule has 4 aromatic carbocycles. The van der Waals surface area contributed by atoms with Gasteiger partial charge in [-0.1, -0.05) is 66.2 Å². The normalized spacial score (nSPS) is 11.9. The van der Waals surface area contributed by atoms with E-state index >= 15 is 0 Å². The molecule has 0 saturated heterocycles. The summed E-state index contributed by atoms with van der Waals surface area (Å²) < 4.78 is 0. The van der Waals surface area contributed by atoms with E-state index in [1.165, 1.54) is 0 Å². The largest absolute Gasteiger partial charge is 0.368 e. The first kappa shape index (κ1) is 18.4. The van der Waals surface area contributed by atoms with Crippen molar-refractivity contribution in [1.82, 2.24) is 19.9 Å². The fourth-order valence-corrected chi connectivity index (χ4v) is 5.03. The lowest BCUT2D eigenvalue weighted by Gasteiger charge is -2.11. The predicted octanol–water partition coefficient (Wildman–Crippen LogP) is 6.87. The predicted molar refractivity (Wildman–Crippen MR) is 137 cm³/mol. The zero-order chi connectivity index (χ0) is 22.1. The van der Waals surface area contributed by atoms with Crippen LogP contribution < -0.4 is 5.73 Å². The van der Waals surface area contributed by atoms with Crippen molar-refractivity contribution in [3.63, 3.8) is 0 Å². The molecule has 7 rings (SSSR count). The summed E-state index contributed by atoms with van der Waals surface area (Å²) in [6, 6.07) is 26.7. The molecule has 33 heavy (non-hydrogen) atoms. The third-order valence-corrected chi connectivity index (χ3v) is 6.58. The number of pyridine rings is 1. The van der Waals surface area contributed by atoms with Gasteiger partial charge in [-0.15, -0.1) is 0 Å². The molecule has 3 heterocycles. The summed E-state index contributed by atoms with van der Waals surface area (Å²) >= 11 is 6.70. The number of aromatic nitrogens is 4. The molecule has 0 radical (unpaired) electrons. The van der Waals surface area contributed by atoms with Gasteiger partial charge in [0, 0.05) is 32.6 Å². The first-order valence-corrected chi connectivity index (χ1v) is 11.0. The molecule has 0 bridgehead atoms. The van der Waals surface area contributed by atoms with E-state index in [0.717, 1.165) is 59.9 Å². The smallest absolute Gasteiger partial charge is 0.221 e. The Bertz CT molecular complexity index is 1900. The van der Waals surface area contributed by atoms with Crippen LogP contribution in [0.4, 0.5) is 5.95 Å². The lowest BCUT2D eigenvalue weighted by Crippen LogP contribution is -1.99. The molecular formula is C27H16ClN5. The highest BCUT2D eigenvalue weighted by atomic mass is 35.5. The number of anilines is 1. The highest BCUT2D eigenvalue weighted by molar-refractivity contribution is 6.33. The van der Waals surface area contributed by atoms with Crippen LogP contribution in [-0.2, 0) is 0 Å². The number of hydrogen-bond donors (Lipinski definition) is 2. The van der Waals surface area contributed by atoms with E-state index in [9.17, 15) is 0 Å². The van der Waals surface area contributed by atoms with Gasteiger partial charge in [0.2, 0.25) is 5.95 Å². The number of hydrogen-bond acceptors (Lipinski definition) is 4. The van der Waals surface area contributed by atoms with Gasteiger partial charge in [-0.2, -0.15) is 0 Å². The van der Waals surface area contributed by atoms with Gasteiger partial charge in [0.1, 0.15) is 10.7 Å². The van der Waals surface area contributed by atoms with Crippen LogP contribution in [0, 0.1) is 0 Å². The molecule has 6 heteroatoms. The molecule has 3 aromatic heterocycles. The highest BCUT2D eigenvalue weighted by Crippen LogP contribution is 2.38. The Morgan fingerprint density at radius 3 is 2.39 bits per heavy atom. The minimum Gasteiger partial charge on any atom is -0.368 e. The molecule has 3 N–H and O–H groups in total. The maximum absolute atomic E-state index is 6.70. The topological polar surface area (TPSA) is 80.5 Å². The van der Waals surface area contributed by atoms with E-state index in [1.807, 2.05) is 36.4 Å². The molecular weight excluding hydrogens is 430 g/mol. The third kappa shape index (κ3) is 2.63. The van der Waals surface area contributed by atoms with Crippen LogP contribution in [0.2, 0.25) is 5.15 Å². The van der Waals surface area contributed by atoms with Gasteiger partial charge in [0.05, 0.1) is 16.7 Å². The Morgan fingerprint density at radius 2 is 1.48 bits per heavy atom. The fourth-order valence-electron chi connectivity index (χ4n) is 4.80. The van der Waals surface area contributed by atoms with Crippen molar-refractivity contribution in [2.45, 2.75) is 0 Å². The second-order valence-corrected chi connectivity index (χ2v) is 8.52. The second-order valence-electron chi connectivity index (χ2n) is 8.17. The van der Waals surface area contributed by atoms with Crippen molar-refractivity contribution < 1.29 is 0 Å². The van der Waals surface area contributed by atoms with E-state index in [2.05, 4.69) is 57.4 Å². The number of H-pyrrole nitrogens is 1. The maximum Gasteiger partial charge on any atom is 0.221 e. The van der Waals surface area contributed by atoms with Gasteiger partial charge < -0.3 is 10.7 Å². The van der Waals surface area contributed by atoms with Gasteiger partial charge in [-0.3, -0.25) is 0 Å². The molecule has 156 valence electrons. The lowest BCUT2D eigenvalue weighted by molar-refractivity contribution is 1.24. The number of nitrogens with zero attached hydrogens (tertiary/aromatic N) is 3. The summed E-state index contributed by atoms with van der Waals surface area (Å²) in [5.41, 5.74) is 11.2. The van der Waals surface area contributed by atoms with Gasteiger partial charge >= 0.3 is 0 Å². The van der Waals surface area contributed by atoms with Crippen molar-refractivity contribution in [3.8, 4) is 11.3 Å². The zero-order valence-electron chi connectivity index (χ0n) is 17.3. The monoisotopic (exact) mass is 445 g/mol. The van der Waals surface area contributed by atoms with Crippen LogP contribution in [0.3, 0.4) is 0 Å². The summed E-state index contributed by atoms with van der Waals surface area (Å²) in [5, 5.41) is 6.77. The van der Waals surface area contributed by atoms with Crippen molar-refractivity contribution in [1.29, 1.82) is 0 Å². The molecule has 0 saturated carbocycles. The second kappa shape index (κ2) is 6.64. The molecule has 5 nitrogen and oxygen atoms in total. The number of aromatic amines is 1. The molecule has 7 aromatic rings. The molecule has 0 fully saturated rings. The number of nitrogens with two attached hydrogens (primary N) is 1. The highest BCUT2D eigenvalue weighted by Gasteiger charge is 2.18. The first-order chi connectivity index (χ1) is 16.2. The van der Waals surface area contributed by atoms with Gasteiger partial charge in [-0.05, 0) is 35.0 Å². The number of benzene rings is 4. The molecule has 0 aliphatic heterocycles. The van der Waals surface area contributed by atoms with Gasteiger partial charge in [0.15, 0.2) is 0 Å². The van der Waals surface area contributed by atoms with Crippen molar-refractivity contribution in [2.24, 2.45) is 0 Å². The molecule has 0 spiro atoms. The average Bonchev–Trinajstić information content (AvgIpc) is 3.22. The number of halogens is 1. The number of nitrogen functional groups attached to an aromatic ring is 1. The van der Waals surface area contributed by atoms with Crippen LogP contribution in [0.5, 0.6) is 0 Å². The Balaban J connectivity index is 1.59. The van der Waals surface area contributed by atoms with Crippen molar-refractivity contribution in [3.05, 3.63) is 84.0 Å². The first-order valence-electron chi connectivity index (χ1n) is 10.6. The molecule has 0 amide bonds. The molecule has 0 aliphatic carbocycles. The Kier molecular flexibility index (Phi) is 3.69. The summed E-state index contributed by atoms with van der Waals surface area (Å²) in [5.74, 6) is 0.192. The Morgan fingerprint density at radius 1 is 0.697 bits per heavy atom. The van der Waals surface area contributed by atoms with Crippen LogP contribution in [0.15, 0.2) is 78.9 Å². The zero-order valence-corrected chi connectivity index (χ0v) is 18.1. The average molecular weight is 446 g/mol. The Hall–Kier alpha value is -4.22. The van der Waals surface area contributed by atoms with Crippen LogP contribution in [0.25, 0.3) is 65.6 Å². The van der Waals surface area contributed by atoms with E-state index in [0.29, 0.717) is 10.8 Å². The molecule has 0 aliphatic rings. The third-order valence-electron chi connectivity index (χ3n) is 6.29. The van der Waals surface area contributed by atoms with Crippen LogP contribution in [0.1, 0.15) is 0 Å². The van der Waals surface area contributed by atoms with Gasteiger partial charge in [-0.25, -0.2) is 15.0 Å². The van der Waals surface area contributed by atoms with Crippen LogP contribution in [-0.4, -0.2) is 19.9 Å². The van der Waals surface area contributed by atoms with E-state index in [1.54, 1.807) is 0 Å². The fraction of sp³-hybridized carbons (Fsp3) is 0. The molecule has 0 unspecified atom stereocenters. The van der Waals surface area contributed by atoms with Gasteiger partial charge in [0.25, 0.3) is 0 Å². The van der Waals surface area contributed by atoms with E-state index < -0.39 is 0 Å². The molecule has 0 atom stereocenters.